The van der Waals surface area contributed by atoms with Gasteiger partial charge < -0.3 is 19.5 Å². The Hall–Kier alpha value is -3.79. The third kappa shape index (κ3) is 4.68. The summed E-state index contributed by atoms with van der Waals surface area (Å²) in [5.41, 5.74) is 5.65. The number of nitrogens with zero attached hydrogens (tertiary/aromatic N) is 6. The number of aryl methyl sites for hydroxylation is 1. The van der Waals surface area contributed by atoms with Crippen LogP contribution in [0, 0.1) is 6.92 Å². The average Bonchev–Trinajstić information content (AvgIpc) is 3.61. The first-order valence-electron chi connectivity index (χ1n) is 12.1. The zero-order valence-electron chi connectivity index (χ0n) is 21.3. The van der Waals surface area contributed by atoms with Crippen molar-refractivity contribution < 1.29 is 14.1 Å². The van der Waals surface area contributed by atoms with Crippen molar-refractivity contribution >= 4 is 17.1 Å². The molecule has 0 radical (unpaired) electrons. The highest BCUT2D eigenvalue weighted by Crippen LogP contribution is 2.30. The van der Waals surface area contributed by atoms with Crippen LogP contribution in [0.15, 0.2) is 41.3 Å². The molecule has 10 nitrogen and oxygen atoms in total. The number of carbonyl (C=O) groups excluding carboxylic acids is 1. The van der Waals surface area contributed by atoms with E-state index in [-0.39, 0.29) is 17.4 Å². The molecule has 0 bridgehead atoms. The third-order valence-electron chi connectivity index (χ3n) is 6.58. The van der Waals surface area contributed by atoms with E-state index in [0.717, 1.165) is 53.1 Å². The number of hydrogen-bond acceptors (Lipinski definition) is 8. The van der Waals surface area contributed by atoms with Crippen LogP contribution in [0.1, 0.15) is 54.8 Å². The molecule has 4 heterocycles. The van der Waals surface area contributed by atoms with Gasteiger partial charge in [0.25, 0.3) is 0 Å². The minimum atomic E-state index is -0.391. The summed E-state index contributed by atoms with van der Waals surface area (Å²) in [6.07, 6.45) is 4.89. The molecule has 1 aliphatic heterocycles. The van der Waals surface area contributed by atoms with Crippen molar-refractivity contribution in [1.82, 2.24) is 30.1 Å². The van der Waals surface area contributed by atoms with Crippen LogP contribution in [0.2, 0.25) is 0 Å². The van der Waals surface area contributed by atoms with E-state index >= 15 is 0 Å². The summed E-state index contributed by atoms with van der Waals surface area (Å²) in [4.78, 5) is 23.6. The lowest BCUT2D eigenvalue weighted by Crippen LogP contribution is -2.24. The van der Waals surface area contributed by atoms with Crippen LogP contribution in [-0.2, 0) is 16.7 Å². The van der Waals surface area contributed by atoms with Gasteiger partial charge in [0.1, 0.15) is 6.33 Å². The van der Waals surface area contributed by atoms with E-state index in [1.807, 2.05) is 50.5 Å². The number of ether oxygens (including phenoxy) is 1. The second-order valence-corrected chi connectivity index (χ2v) is 10.2. The largest absolute Gasteiger partial charge is 0.380 e. The van der Waals surface area contributed by atoms with Crippen LogP contribution in [0.25, 0.3) is 16.8 Å². The standard InChI is InChI=1S/C26H31N7O3/c1-16-10-17(6-7-18(16)12-27-23(34)24-30-25(31-36-24)26(2,3)4)22-21-11-19(13-33(21)29-15-28-22)32-9-8-20(14-32)35-5/h6-7,10-11,13,15,20H,8-9,12,14H2,1-5H3,(H,27,34)/t20-/m1/s1. The van der Waals surface area contributed by atoms with E-state index in [4.69, 9.17) is 9.26 Å². The molecule has 0 unspecified atom stereocenters. The smallest absolute Gasteiger partial charge is 0.315 e. The van der Waals surface area contributed by atoms with Gasteiger partial charge in [0.15, 0.2) is 5.82 Å². The van der Waals surface area contributed by atoms with Gasteiger partial charge in [-0.15, -0.1) is 0 Å². The van der Waals surface area contributed by atoms with Crippen molar-refractivity contribution in [3.63, 3.8) is 0 Å². The summed E-state index contributed by atoms with van der Waals surface area (Å²) in [6, 6.07) is 8.24. The second-order valence-electron chi connectivity index (χ2n) is 10.2. The number of aromatic nitrogens is 5. The SMILES string of the molecule is CO[C@@H]1CCN(c2cc3c(-c4ccc(CNC(=O)c5nc(C(C)(C)C)no5)c(C)c4)ncnn3c2)C1. The Labute approximate surface area is 209 Å². The fourth-order valence-corrected chi connectivity index (χ4v) is 4.38. The molecule has 1 amide bonds. The molecule has 10 heteroatoms. The molecule has 1 aliphatic rings. The van der Waals surface area contributed by atoms with Gasteiger partial charge in [-0.1, -0.05) is 38.1 Å². The van der Waals surface area contributed by atoms with Gasteiger partial charge in [-0.25, -0.2) is 9.50 Å². The predicted molar refractivity (Wildman–Crippen MR) is 135 cm³/mol. The minimum absolute atomic E-state index is 0.0311. The van der Waals surface area contributed by atoms with E-state index in [1.165, 1.54) is 0 Å². The van der Waals surface area contributed by atoms with Gasteiger partial charge in [-0.2, -0.15) is 10.1 Å². The highest BCUT2D eigenvalue weighted by atomic mass is 16.5. The van der Waals surface area contributed by atoms with Crippen molar-refractivity contribution in [2.45, 2.75) is 52.2 Å². The molecule has 1 N–H and O–H groups in total. The van der Waals surface area contributed by atoms with Crippen molar-refractivity contribution in [1.29, 1.82) is 0 Å². The minimum Gasteiger partial charge on any atom is -0.380 e. The Kier molecular flexibility index (Phi) is 6.21. The summed E-state index contributed by atoms with van der Waals surface area (Å²) in [7, 11) is 1.76. The molecule has 4 aromatic rings. The second kappa shape index (κ2) is 9.34. The first-order valence-corrected chi connectivity index (χ1v) is 12.1. The van der Waals surface area contributed by atoms with Crippen molar-refractivity contribution in [2.75, 3.05) is 25.1 Å². The third-order valence-corrected chi connectivity index (χ3v) is 6.58. The van der Waals surface area contributed by atoms with Crippen LogP contribution in [-0.4, -0.2) is 56.9 Å². The number of carbonyl (C=O) groups is 1. The average molecular weight is 490 g/mol. The van der Waals surface area contributed by atoms with Crippen LogP contribution < -0.4 is 10.2 Å². The Morgan fingerprint density at radius 2 is 2.11 bits per heavy atom. The molecular formula is C26H31N7O3. The van der Waals surface area contributed by atoms with E-state index in [0.29, 0.717) is 12.4 Å². The summed E-state index contributed by atoms with van der Waals surface area (Å²) >= 11 is 0. The summed E-state index contributed by atoms with van der Waals surface area (Å²) in [6.45, 7) is 10.1. The fourth-order valence-electron chi connectivity index (χ4n) is 4.38. The number of amides is 1. The lowest BCUT2D eigenvalue weighted by atomic mass is 9.96. The van der Waals surface area contributed by atoms with Crippen LogP contribution >= 0.6 is 0 Å². The number of anilines is 1. The van der Waals surface area contributed by atoms with E-state index in [1.54, 1.807) is 13.4 Å². The molecule has 0 aliphatic carbocycles. The number of hydrogen-bond donors (Lipinski definition) is 1. The van der Waals surface area contributed by atoms with Gasteiger partial charge in [0, 0.05) is 37.7 Å². The van der Waals surface area contributed by atoms with Crippen molar-refractivity contribution in [3.05, 3.63) is 59.6 Å². The number of nitrogens with one attached hydrogen (secondary N) is 1. The molecule has 0 spiro atoms. The van der Waals surface area contributed by atoms with Gasteiger partial charge >= 0.3 is 11.8 Å². The number of rotatable bonds is 6. The first-order chi connectivity index (χ1) is 17.2. The van der Waals surface area contributed by atoms with Gasteiger partial charge in [0.2, 0.25) is 0 Å². The maximum Gasteiger partial charge on any atom is 0.315 e. The topological polar surface area (TPSA) is 111 Å². The van der Waals surface area contributed by atoms with Crippen LogP contribution in [0.5, 0.6) is 0 Å². The molecule has 1 aromatic carbocycles. The van der Waals surface area contributed by atoms with Crippen LogP contribution in [0.3, 0.4) is 0 Å². The van der Waals surface area contributed by atoms with E-state index in [9.17, 15) is 4.79 Å². The number of benzene rings is 1. The molecule has 3 aromatic heterocycles. The first kappa shape index (κ1) is 23.9. The normalized spacial score (nSPS) is 16.1. The van der Waals surface area contributed by atoms with E-state index < -0.39 is 5.91 Å². The van der Waals surface area contributed by atoms with Crippen molar-refractivity contribution in [3.8, 4) is 11.3 Å². The molecule has 1 fully saturated rings. The Bertz CT molecular complexity index is 1400. The summed E-state index contributed by atoms with van der Waals surface area (Å²) in [5.74, 6) is 0.0786. The Morgan fingerprint density at radius 1 is 1.28 bits per heavy atom. The van der Waals surface area contributed by atoms with Gasteiger partial charge in [-0.3, -0.25) is 4.79 Å². The molecule has 1 atom stereocenters. The van der Waals surface area contributed by atoms with Gasteiger partial charge in [0.05, 0.1) is 29.2 Å². The molecule has 1 saturated heterocycles. The quantitative estimate of drug-likeness (QED) is 0.438. The number of methoxy groups -OCH3 is 1. The maximum absolute atomic E-state index is 12.5. The van der Waals surface area contributed by atoms with Gasteiger partial charge in [-0.05, 0) is 36.6 Å². The monoisotopic (exact) mass is 489 g/mol. The predicted octanol–water partition coefficient (Wildman–Crippen LogP) is 3.54. The van der Waals surface area contributed by atoms with Crippen LogP contribution in [0.4, 0.5) is 5.69 Å². The lowest BCUT2D eigenvalue weighted by Gasteiger charge is -2.15. The van der Waals surface area contributed by atoms with E-state index in [2.05, 4.69) is 42.6 Å². The zero-order chi connectivity index (χ0) is 25.4. The molecule has 188 valence electrons. The highest BCUT2D eigenvalue weighted by molar-refractivity contribution is 5.89. The maximum atomic E-state index is 12.5. The molecule has 0 saturated carbocycles. The highest BCUT2D eigenvalue weighted by Gasteiger charge is 2.25. The summed E-state index contributed by atoms with van der Waals surface area (Å²) in [5, 5.41) is 11.2. The molecule has 5 rings (SSSR count). The zero-order valence-corrected chi connectivity index (χ0v) is 21.3. The summed E-state index contributed by atoms with van der Waals surface area (Å²) < 4.78 is 12.5. The fraction of sp³-hybridized carbons (Fsp3) is 0.423. The Morgan fingerprint density at radius 3 is 2.81 bits per heavy atom. The molecule has 36 heavy (non-hydrogen) atoms. The Balaban J connectivity index is 1.32. The molecular weight excluding hydrogens is 458 g/mol. The van der Waals surface area contributed by atoms with Crippen molar-refractivity contribution in [2.24, 2.45) is 0 Å². The number of fused-ring (bicyclic) bond motifs is 1. The lowest BCUT2D eigenvalue weighted by molar-refractivity contribution is 0.0907.